The van der Waals surface area contributed by atoms with Crippen molar-refractivity contribution < 1.29 is 23.7 Å². The summed E-state index contributed by atoms with van der Waals surface area (Å²) in [5, 5.41) is 7.63. The number of carbonyl (C=O) groups is 3. The summed E-state index contributed by atoms with van der Waals surface area (Å²) in [7, 11) is 0. The molecule has 0 radical (unpaired) electrons. The molecule has 2 heterocycles. The molecule has 0 spiro atoms. The fourth-order valence-corrected chi connectivity index (χ4v) is 5.10. The number of ketones is 1. The van der Waals surface area contributed by atoms with Gasteiger partial charge in [-0.2, -0.15) is 0 Å². The first-order valence-corrected chi connectivity index (χ1v) is 13.8. The van der Waals surface area contributed by atoms with E-state index in [0.29, 0.717) is 50.5 Å². The van der Waals surface area contributed by atoms with Crippen LogP contribution in [0.2, 0.25) is 0 Å². The summed E-state index contributed by atoms with van der Waals surface area (Å²) < 4.78 is 16.9. The first-order valence-electron chi connectivity index (χ1n) is 12.3. The number of aryl methyl sites for hydroxylation is 1. The van der Waals surface area contributed by atoms with E-state index >= 15 is 0 Å². The lowest BCUT2D eigenvalue weighted by atomic mass is 9.93. The number of Topliss-reactive ketones (excluding diaryl/α,β-unsaturated/α-hetero) is 1. The number of benzene rings is 1. The molecule has 2 aliphatic heterocycles. The highest BCUT2D eigenvalue weighted by Crippen LogP contribution is 2.29. The highest BCUT2D eigenvalue weighted by molar-refractivity contribution is 7.91. The molecule has 1 aromatic rings. The second kappa shape index (κ2) is 12.8. The fraction of sp³-hybridized carbons (Fsp3) is 0.640. The number of hydrogen-bond donors (Lipinski definition) is 3. The summed E-state index contributed by atoms with van der Waals surface area (Å²) in [6.45, 7) is 7.33. The number of epoxide rings is 1. The van der Waals surface area contributed by atoms with Gasteiger partial charge in [0.25, 0.3) is 0 Å². The van der Waals surface area contributed by atoms with Crippen LogP contribution in [0.15, 0.2) is 30.3 Å². The largest absolute Gasteiger partial charge is 0.616 e. The zero-order chi connectivity index (χ0) is 25.4. The van der Waals surface area contributed by atoms with Crippen molar-refractivity contribution in [1.29, 1.82) is 0 Å². The second-order valence-corrected chi connectivity index (χ2v) is 11.6. The van der Waals surface area contributed by atoms with Gasteiger partial charge >= 0.3 is 0 Å². The highest BCUT2D eigenvalue weighted by Gasteiger charge is 2.50. The van der Waals surface area contributed by atoms with Crippen LogP contribution in [0.25, 0.3) is 0 Å². The Labute approximate surface area is 210 Å². The summed E-state index contributed by atoms with van der Waals surface area (Å²) in [5.74, 6) is 0.541. The van der Waals surface area contributed by atoms with Crippen molar-refractivity contribution in [3.05, 3.63) is 35.9 Å². The molecule has 3 rings (SSSR count). The van der Waals surface area contributed by atoms with Crippen LogP contribution in [0.5, 0.6) is 0 Å². The molecule has 0 unspecified atom stereocenters. The van der Waals surface area contributed by atoms with Crippen LogP contribution < -0.4 is 16.1 Å². The molecule has 10 heteroatoms. The molecular formula is C25H38N4O5S. The third-order valence-corrected chi connectivity index (χ3v) is 7.57. The van der Waals surface area contributed by atoms with Crippen LogP contribution in [-0.4, -0.2) is 82.6 Å². The van der Waals surface area contributed by atoms with Crippen molar-refractivity contribution in [2.75, 3.05) is 37.7 Å². The van der Waals surface area contributed by atoms with E-state index in [9.17, 15) is 18.9 Å². The maximum absolute atomic E-state index is 13.3. The second-order valence-electron chi connectivity index (χ2n) is 9.89. The number of amides is 2. The van der Waals surface area contributed by atoms with Crippen molar-refractivity contribution in [3.8, 4) is 0 Å². The summed E-state index contributed by atoms with van der Waals surface area (Å²) in [6, 6.07) is 8.31. The molecule has 0 bridgehead atoms. The van der Waals surface area contributed by atoms with Gasteiger partial charge in [0, 0.05) is 0 Å². The normalized spacial score (nSPS) is 22.4. The number of ether oxygens (including phenoxy) is 1. The van der Waals surface area contributed by atoms with Crippen molar-refractivity contribution in [2.24, 2.45) is 5.92 Å². The SMILES string of the molecule is CC(C)C[C@H](NC(=O)[C@H](CCc1ccccc1)NC(=O)CNN1CC[S+]([O-])CC1)C(=O)[C@@]1(C)CO1. The molecule has 2 fully saturated rings. The van der Waals surface area contributed by atoms with E-state index in [0.717, 1.165) is 5.56 Å². The summed E-state index contributed by atoms with van der Waals surface area (Å²) in [6.07, 6.45) is 1.51. The maximum Gasteiger partial charge on any atom is 0.243 e. The van der Waals surface area contributed by atoms with Gasteiger partial charge in [0.1, 0.15) is 23.1 Å². The molecule has 35 heavy (non-hydrogen) atoms. The predicted octanol–water partition coefficient (Wildman–Crippen LogP) is 0.562. The molecule has 0 aromatic heterocycles. The van der Waals surface area contributed by atoms with Crippen LogP contribution in [-0.2, 0) is 36.7 Å². The lowest BCUT2D eigenvalue weighted by molar-refractivity contribution is -0.133. The first kappa shape index (κ1) is 27.6. The van der Waals surface area contributed by atoms with Gasteiger partial charge in [-0.05, 0) is 37.7 Å². The van der Waals surface area contributed by atoms with Crippen LogP contribution in [0, 0.1) is 5.92 Å². The Morgan fingerprint density at radius 1 is 1.11 bits per heavy atom. The van der Waals surface area contributed by atoms with Crippen LogP contribution in [0.1, 0.15) is 39.2 Å². The average Bonchev–Trinajstić information content (AvgIpc) is 3.59. The molecule has 2 saturated heterocycles. The number of hydrogen-bond acceptors (Lipinski definition) is 7. The van der Waals surface area contributed by atoms with E-state index in [1.165, 1.54) is 0 Å². The monoisotopic (exact) mass is 506 g/mol. The summed E-state index contributed by atoms with van der Waals surface area (Å²) in [5.41, 5.74) is 3.28. The molecule has 2 amide bonds. The van der Waals surface area contributed by atoms with Gasteiger partial charge in [-0.25, -0.2) is 10.4 Å². The van der Waals surface area contributed by atoms with E-state index in [1.807, 2.05) is 49.2 Å². The van der Waals surface area contributed by atoms with Gasteiger partial charge < -0.3 is 19.9 Å². The van der Waals surface area contributed by atoms with E-state index < -0.39 is 28.9 Å². The number of hydrazine groups is 1. The quantitative estimate of drug-likeness (QED) is 0.264. The predicted molar refractivity (Wildman–Crippen MR) is 135 cm³/mol. The van der Waals surface area contributed by atoms with Gasteiger partial charge in [-0.3, -0.25) is 14.4 Å². The molecule has 9 nitrogen and oxygen atoms in total. The Morgan fingerprint density at radius 3 is 2.37 bits per heavy atom. The summed E-state index contributed by atoms with van der Waals surface area (Å²) in [4.78, 5) is 39.0. The van der Waals surface area contributed by atoms with Crippen molar-refractivity contribution in [1.82, 2.24) is 21.1 Å². The summed E-state index contributed by atoms with van der Waals surface area (Å²) >= 11 is -0.799. The minimum atomic E-state index is -0.836. The van der Waals surface area contributed by atoms with Crippen molar-refractivity contribution in [3.63, 3.8) is 0 Å². The van der Waals surface area contributed by atoms with Gasteiger partial charge in [0.05, 0.1) is 32.3 Å². The van der Waals surface area contributed by atoms with Gasteiger partial charge in [-0.15, -0.1) is 0 Å². The lowest BCUT2D eigenvalue weighted by Crippen LogP contribution is -2.56. The van der Waals surface area contributed by atoms with Gasteiger partial charge in [0.2, 0.25) is 11.8 Å². The van der Waals surface area contributed by atoms with Crippen LogP contribution >= 0.6 is 0 Å². The third-order valence-electron chi connectivity index (χ3n) is 6.30. The molecule has 0 aliphatic carbocycles. The van der Waals surface area contributed by atoms with E-state index in [-0.39, 0.29) is 30.1 Å². The topological polar surface area (TPSA) is 126 Å². The Kier molecular flexibility index (Phi) is 10.1. The first-order chi connectivity index (χ1) is 16.7. The zero-order valence-electron chi connectivity index (χ0n) is 20.9. The van der Waals surface area contributed by atoms with Crippen molar-refractivity contribution >= 4 is 28.8 Å². The molecule has 2 aliphatic rings. The highest BCUT2D eigenvalue weighted by atomic mass is 32.2. The molecule has 3 atom stereocenters. The average molecular weight is 507 g/mol. The number of rotatable bonds is 13. The van der Waals surface area contributed by atoms with Gasteiger partial charge in [0.15, 0.2) is 5.78 Å². The number of nitrogens with zero attached hydrogens (tertiary/aromatic N) is 1. The minimum Gasteiger partial charge on any atom is -0.616 e. The van der Waals surface area contributed by atoms with E-state index in [2.05, 4.69) is 16.1 Å². The third kappa shape index (κ3) is 8.88. The standard InChI is InChI=1S/C25H38N4O5S/c1-18(2)15-21(23(31)25(3)17-34-25)28-24(32)20(10-9-19-7-5-4-6-8-19)27-22(30)16-26-29-11-13-35(33)14-12-29/h4-8,18,20-21,26H,9-17H2,1-3H3,(H,27,30)(H,28,32)/t20-,21-,25+/m0/s1. The lowest BCUT2D eigenvalue weighted by Gasteiger charge is -2.28. The number of carbonyl (C=O) groups excluding carboxylic acids is 3. The van der Waals surface area contributed by atoms with Crippen LogP contribution in [0.3, 0.4) is 0 Å². The Morgan fingerprint density at radius 2 is 1.77 bits per heavy atom. The Balaban J connectivity index is 1.62. The Bertz CT molecular complexity index is 857. The van der Waals surface area contributed by atoms with Gasteiger partial charge in [-0.1, -0.05) is 55.4 Å². The van der Waals surface area contributed by atoms with Crippen molar-refractivity contribution in [2.45, 2.75) is 57.7 Å². The number of nitrogens with one attached hydrogen (secondary N) is 3. The Hall–Kier alpha value is -1.98. The smallest absolute Gasteiger partial charge is 0.243 e. The fourth-order valence-electron chi connectivity index (χ4n) is 4.04. The zero-order valence-corrected chi connectivity index (χ0v) is 21.7. The van der Waals surface area contributed by atoms with E-state index in [1.54, 1.807) is 6.92 Å². The molecule has 0 saturated carbocycles. The molecule has 194 valence electrons. The molecule has 1 aromatic carbocycles. The molecule has 3 N–H and O–H groups in total. The minimum absolute atomic E-state index is 0.0159. The van der Waals surface area contributed by atoms with Crippen LogP contribution in [0.4, 0.5) is 0 Å². The maximum atomic E-state index is 13.3. The van der Waals surface area contributed by atoms with E-state index in [4.69, 9.17) is 4.74 Å². The molecular weight excluding hydrogens is 468 g/mol.